The predicted molar refractivity (Wildman–Crippen MR) is 86.2 cm³/mol. The highest BCUT2D eigenvalue weighted by molar-refractivity contribution is 6.30. The monoisotopic (exact) mass is 326 g/mol. The van der Waals surface area contributed by atoms with Gasteiger partial charge in [-0.25, -0.2) is 4.79 Å². The molecule has 1 heterocycles. The van der Waals surface area contributed by atoms with Crippen LogP contribution in [0.4, 0.5) is 4.79 Å². The van der Waals surface area contributed by atoms with Crippen molar-refractivity contribution < 1.29 is 14.3 Å². The standard InChI is InChI=1S/C16H23ClN2O3/c1-12-10-19(8-3-9-22-12)16(20)18-15(11-21-2)13-4-6-14(17)7-5-13/h4-7,12,15H,3,8-11H2,1-2H3,(H,18,20)/t12-,15+/m1/s1. The third kappa shape index (κ3) is 4.87. The topological polar surface area (TPSA) is 50.8 Å². The second kappa shape index (κ2) is 8.36. The number of rotatable bonds is 4. The van der Waals surface area contributed by atoms with Crippen LogP contribution in [0.3, 0.4) is 0 Å². The van der Waals surface area contributed by atoms with Gasteiger partial charge in [0.2, 0.25) is 0 Å². The Morgan fingerprint density at radius 2 is 2.23 bits per heavy atom. The number of hydrogen-bond donors (Lipinski definition) is 1. The average Bonchev–Trinajstić information content (AvgIpc) is 2.72. The van der Waals surface area contributed by atoms with Gasteiger partial charge in [-0.15, -0.1) is 0 Å². The van der Waals surface area contributed by atoms with Crippen molar-refractivity contribution in [2.45, 2.75) is 25.5 Å². The van der Waals surface area contributed by atoms with Crippen molar-refractivity contribution in [2.24, 2.45) is 0 Å². The van der Waals surface area contributed by atoms with Crippen LogP contribution in [0.15, 0.2) is 24.3 Å². The Balaban J connectivity index is 2.03. The van der Waals surface area contributed by atoms with Gasteiger partial charge in [0.1, 0.15) is 0 Å². The normalized spacial score (nSPS) is 20.3. The molecule has 1 aromatic carbocycles. The molecule has 1 N–H and O–H groups in total. The fraction of sp³-hybridized carbons (Fsp3) is 0.562. The molecule has 2 amide bonds. The number of urea groups is 1. The zero-order valence-electron chi connectivity index (χ0n) is 13.0. The van der Waals surface area contributed by atoms with E-state index in [9.17, 15) is 4.79 Å². The molecular weight excluding hydrogens is 304 g/mol. The third-order valence-electron chi connectivity index (χ3n) is 3.64. The van der Waals surface area contributed by atoms with Crippen LogP contribution >= 0.6 is 11.6 Å². The molecular formula is C16H23ClN2O3. The second-order valence-electron chi connectivity index (χ2n) is 5.49. The maximum atomic E-state index is 12.5. The van der Waals surface area contributed by atoms with E-state index in [1.54, 1.807) is 12.0 Å². The van der Waals surface area contributed by atoms with Crippen molar-refractivity contribution >= 4 is 17.6 Å². The van der Waals surface area contributed by atoms with E-state index in [0.717, 1.165) is 12.0 Å². The number of nitrogens with one attached hydrogen (secondary N) is 1. The van der Waals surface area contributed by atoms with Crippen LogP contribution in [0.2, 0.25) is 5.02 Å². The van der Waals surface area contributed by atoms with Crippen LogP contribution < -0.4 is 5.32 Å². The molecule has 2 atom stereocenters. The van der Waals surface area contributed by atoms with Crippen molar-refractivity contribution in [3.63, 3.8) is 0 Å². The summed E-state index contributed by atoms with van der Waals surface area (Å²) in [5.41, 5.74) is 0.971. The highest BCUT2D eigenvalue weighted by atomic mass is 35.5. The largest absolute Gasteiger partial charge is 0.382 e. The van der Waals surface area contributed by atoms with Crippen molar-refractivity contribution in [3.8, 4) is 0 Å². The Kier molecular flexibility index (Phi) is 6.49. The first-order valence-electron chi connectivity index (χ1n) is 7.51. The average molecular weight is 327 g/mol. The van der Waals surface area contributed by atoms with Crippen molar-refractivity contribution in [3.05, 3.63) is 34.9 Å². The second-order valence-corrected chi connectivity index (χ2v) is 5.93. The van der Waals surface area contributed by atoms with E-state index in [4.69, 9.17) is 21.1 Å². The van der Waals surface area contributed by atoms with Gasteiger partial charge in [-0.1, -0.05) is 23.7 Å². The number of ether oxygens (including phenoxy) is 2. The number of benzene rings is 1. The lowest BCUT2D eigenvalue weighted by Crippen LogP contribution is -2.45. The van der Waals surface area contributed by atoms with Gasteiger partial charge in [0.05, 0.1) is 18.8 Å². The summed E-state index contributed by atoms with van der Waals surface area (Å²) >= 11 is 5.91. The summed E-state index contributed by atoms with van der Waals surface area (Å²) in [5.74, 6) is 0. The highest BCUT2D eigenvalue weighted by Crippen LogP contribution is 2.17. The van der Waals surface area contributed by atoms with E-state index in [1.807, 2.05) is 31.2 Å². The van der Waals surface area contributed by atoms with Gasteiger partial charge in [0, 0.05) is 31.8 Å². The summed E-state index contributed by atoms with van der Waals surface area (Å²) < 4.78 is 10.8. The van der Waals surface area contributed by atoms with Crippen LogP contribution in [0, 0.1) is 0 Å². The number of methoxy groups -OCH3 is 1. The van der Waals surface area contributed by atoms with Gasteiger partial charge in [0.15, 0.2) is 0 Å². The minimum absolute atomic E-state index is 0.0599. The molecule has 0 unspecified atom stereocenters. The molecule has 1 aliphatic rings. The van der Waals surface area contributed by atoms with Crippen molar-refractivity contribution in [1.82, 2.24) is 10.2 Å². The molecule has 5 nitrogen and oxygen atoms in total. The van der Waals surface area contributed by atoms with Crippen LogP contribution in [-0.2, 0) is 9.47 Å². The number of carbonyl (C=O) groups is 1. The maximum absolute atomic E-state index is 12.5. The molecule has 1 aromatic rings. The summed E-state index contributed by atoms with van der Waals surface area (Å²) in [6.45, 7) is 4.40. The molecule has 122 valence electrons. The fourth-order valence-corrected chi connectivity index (χ4v) is 2.63. The first-order valence-corrected chi connectivity index (χ1v) is 7.89. The van der Waals surface area contributed by atoms with E-state index < -0.39 is 0 Å². The fourth-order valence-electron chi connectivity index (χ4n) is 2.50. The molecule has 2 rings (SSSR count). The number of amides is 2. The molecule has 0 aliphatic carbocycles. The quantitative estimate of drug-likeness (QED) is 0.925. The van der Waals surface area contributed by atoms with E-state index in [2.05, 4.69) is 5.32 Å². The predicted octanol–water partition coefficient (Wildman–Crippen LogP) is 2.85. The van der Waals surface area contributed by atoms with E-state index in [-0.39, 0.29) is 18.2 Å². The number of carbonyl (C=O) groups excluding carboxylic acids is 1. The Bertz CT molecular complexity index is 481. The maximum Gasteiger partial charge on any atom is 0.318 e. The summed E-state index contributed by atoms with van der Waals surface area (Å²) in [7, 11) is 1.62. The van der Waals surface area contributed by atoms with Gasteiger partial charge in [0.25, 0.3) is 0 Å². The van der Waals surface area contributed by atoms with Gasteiger partial charge in [-0.3, -0.25) is 0 Å². The number of nitrogens with zero attached hydrogens (tertiary/aromatic N) is 1. The van der Waals surface area contributed by atoms with E-state index >= 15 is 0 Å². The Morgan fingerprint density at radius 1 is 1.50 bits per heavy atom. The SMILES string of the molecule is COC[C@H](NC(=O)N1CCCO[C@H](C)C1)c1ccc(Cl)cc1. The van der Waals surface area contributed by atoms with Crippen LogP contribution in [0.25, 0.3) is 0 Å². The summed E-state index contributed by atoms with van der Waals surface area (Å²) in [6.07, 6.45) is 0.915. The molecule has 1 aliphatic heterocycles. The van der Waals surface area contributed by atoms with E-state index in [1.165, 1.54) is 0 Å². The lowest BCUT2D eigenvalue weighted by Gasteiger charge is -2.26. The lowest BCUT2D eigenvalue weighted by molar-refractivity contribution is 0.0704. The highest BCUT2D eigenvalue weighted by Gasteiger charge is 2.22. The summed E-state index contributed by atoms with van der Waals surface area (Å²) in [6, 6.07) is 7.14. The van der Waals surface area contributed by atoms with Gasteiger partial charge in [-0.2, -0.15) is 0 Å². The molecule has 6 heteroatoms. The lowest BCUT2D eigenvalue weighted by atomic mass is 10.1. The van der Waals surface area contributed by atoms with Crippen LogP contribution in [0.1, 0.15) is 24.9 Å². The van der Waals surface area contributed by atoms with Crippen molar-refractivity contribution in [2.75, 3.05) is 33.4 Å². The zero-order valence-corrected chi connectivity index (χ0v) is 13.8. The Hall–Kier alpha value is -1.30. The molecule has 0 radical (unpaired) electrons. The molecule has 1 saturated heterocycles. The van der Waals surface area contributed by atoms with Gasteiger partial charge in [-0.05, 0) is 31.0 Å². The first kappa shape index (κ1) is 17.1. The molecule has 0 aromatic heterocycles. The molecule has 0 spiro atoms. The molecule has 1 fully saturated rings. The Labute approximate surface area is 136 Å². The minimum Gasteiger partial charge on any atom is -0.382 e. The van der Waals surface area contributed by atoms with Gasteiger partial charge >= 0.3 is 6.03 Å². The molecule has 22 heavy (non-hydrogen) atoms. The van der Waals surface area contributed by atoms with E-state index in [0.29, 0.717) is 31.3 Å². The minimum atomic E-state index is -0.200. The summed E-state index contributed by atoms with van der Waals surface area (Å²) in [5, 5.41) is 3.71. The third-order valence-corrected chi connectivity index (χ3v) is 3.89. The molecule has 0 bridgehead atoms. The van der Waals surface area contributed by atoms with Crippen LogP contribution in [-0.4, -0.2) is 50.4 Å². The van der Waals surface area contributed by atoms with Crippen LogP contribution in [0.5, 0.6) is 0 Å². The van der Waals surface area contributed by atoms with Gasteiger partial charge < -0.3 is 19.7 Å². The number of halogens is 1. The Morgan fingerprint density at radius 3 is 2.91 bits per heavy atom. The summed E-state index contributed by atoms with van der Waals surface area (Å²) in [4.78, 5) is 14.3. The smallest absolute Gasteiger partial charge is 0.318 e. The number of hydrogen-bond acceptors (Lipinski definition) is 3. The zero-order chi connectivity index (χ0) is 15.9. The van der Waals surface area contributed by atoms with Crippen molar-refractivity contribution in [1.29, 1.82) is 0 Å². The molecule has 0 saturated carbocycles. The first-order chi connectivity index (χ1) is 10.6.